The van der Waals surface area contributed by atoms with E-state index in [1.54, 1.807) is 44.7 Å². The van der Waals surface area contributed by atoms with Crippen molar-refractivity contribution >= 4 is 35.6 Å². The number of carbonyl (C=O) groups excluding carboxylic acids is 4. The van der Waals surface area contributed by atoms with E-state index in [-0.39, 0.29) is 13.1 Å². The summed E-state index contributed by atoms with van der Waals surface area (Å²) in [5, 5.41) is 5.26. The normalized spacial score (nSPS) is 12.8. The smallest absolute Gasteiger partial charge is 0.408 e. The number of benzene rings is 1. The minimum atomic E-state index is -0.995. The van der Waals surface area contributed by atoms with Crippen molar-refractivity contribution in [2.24, 2.45) is 0 Å². The third-order valence-electron chi connectivity index (χ3n) is 4.94. The summed E-state index contributed by atoms with van der Waals surface area (Å²) in [6.07, 6.45) is 2.16. The van der Waals surface area contributed by atoms with Gasteiger partial charge in [0.05, 0.1) is 7.11 Å². The zero-order valence-corrected chi connectivity index (χ0v) is 22.6. The van der Waals surface area contributed by atoms with Gasteiger partial charge in [0.25, 0.3) is 0 Å². The molecule has 0 spiro atoms. The van der Waals surface area contributed by atoms with Crippen LogP contribution in [0.2, 0.25) is 0 Å². The molecule has 10 heteroatoms. The van der Waals surface area contributed by atoms with Crippen LogP contribution in [0, 0.1) is 6.92 Å². The molecule has 0 fully saturated rings. The summed E-state index contributed by atoms with van der Waals surface area (Å²) >= 11 is 1.55. The summed E-state index contributed by atoms with van der Waals surface area (Å²) < 4.78 is 9.99. The zero-order valence-electron chi connectivity index (χ0n) is 21.8. The second kappa shape index (κ2) is 14.6. The first-order valence-electron chi connectivity index (χ1n) is 11.6. The fourth-order valence-electron chi connectivity index (χ4n) is 3.30. The molecular weight excluding hydrogens is 470 g/mol. The van der Waals surface area contributed by atoms with Gasteiger partial charge in [0.1, 0.15) is 24.2 Å². The Morgan fingerprint density at radius 2 is 1.74 bits per heavy atom. The standard InChI is InChI=1S/C25H39N3O6S/c1-8-14-28(23(31)19(13-15-35-7)27-24(32)34-25(3,4)5)21(18-11-9-17(2)10-12-18)22(30)26-16-20(29)33-6/h9-12,19,21H,8,13-16H2,1-7H3,(H,26,30)(H,27,32). The number of alkyl carbamates (subject to hydrolysis) is 1. The van der Waals surface area contributed by atoms with Gasteiger partial charge in [-0.2, -0.15) is 11.8 Å². The first-order chi connectivity index (χ1) is 16.4. The molecule has 2 N–H and O–H groups in total. The molecular formula is C25H39N3O6S. The topological polar surface area (TPSA) is 114 Å². The van der Waals surface area contributed by atoms with Crippen molar-refractivity contribution in [1.29, 1.82) is 0 Å². The van der Waals surface area contributed by atoms with Gasteiger partial charge in [0.2, 0.25) is 11.8 Å². The van der Waals surface area contributed by atoms with Crippen LogP contribution in [-0.2, 0) is 23.9 Å². The van der Waals surface area contributed by atoms with E-state index >= 15 is 0 Å². The summed E-state index contributed by atoms with van der Waals surface area (Å²) in [5.41, 5.74) is 0.874. The molecule has 0 saturated carbocycles. The van der Waals surface area contributed by atoms with Crippen LogP contribution in [0.5, 0.6) is 0 Å². The lowest BCUT2D eigenvalue weighted by molar-refractivity contribution is -0.144. The molecule has 2 unspecified atom stereocenters. The Kier molecular flexibility index (Phi) is 12.6. The van der Waals surface area contributed by atoms with Crippen molar-refractivity contribution in [3.05, 3.63) is 35.4 Å². The van der Waals surface area contributed by atoms with E-state index in [1.807, 2.05) is 32.2 Å². The number of hydrogen-bond donors (Lipinski definition) is 2. The molecule has 0 aromatic heterocycles. The number of esters is 1. The highest BCUT2D eigenvalue weighted by Crippen LogP contribution is 2.24. The van der Waals surface area contributed by atoms with Gasteiger partial charge < -0.3 is 25.0 Å². The van der Waals surface area contributed by atoms with Gasteiger partial charge in [-0.25, -0.2) is 4.79 Å². The molecule has 0 heterocycles. The van der Waals surface area contributed by atoms with Crippen molar-refractivity contribution < 1.29 is 28.7 Å². The van der Waals surface area contributed by atoms with Gasteiger partial charge in [-0.3, -0.25) is 14.4 Å². The Morgan fingerprint density at radius 1 is 1.11 bits per heavy atom. The zero-order chi connectivity index (χ0) is 26.6. The maximum Gasteiger partial charge on any atom is 0.408 e. The van der Waals surface area contributed by atoms with Gasteiger partial charge in [-0.05, 0) is 58.1 Å². The van der Waals surface area contributed by atoms with Crippen LogP contribution in [-0.4, -0.2) is 72.6 Å². The lowest BCUT2D eigenvalue weighted by atomic mass is 10.0. The summed E-state index contributed by atoms with van der Waals surface area (Å²) in [5.74, 6) is -0.887. The van der Waals surface area contributed by atoms with Crippen molar-refractivity contribution in [3.8, 4) is 0 Å². The Bertz CT molecular complexity index is 854. The highest BCUT2D eigenvalue weighted by atomic mass is 32.2. The van der Waals surface area contributed by atoms with Gasteiger partial charge in [0.15, 0.2) is 0 Å². The lowest BCUT2D eigenvalue weighted by Crippen LogP contribution is -2.53. The number of ether oxygens (including phenoxy) is 2. The maximum absolute atomic E-state index is 13.8. The van der Waals surface area contributed by atoms with E-state index in [0.717, 1.165) is 5.56 Å². The number of aryl methyl sites for hydroxylation is 1. The van der Waals surface area contributed by atoms with Crippen molar-refractivity contribution in [3.63, 3.8) is 0 Å². The first-order valence-corrected chi connectivity index (χ1v) is 13.0. The van der Waals surface area contributed by atoms with Crippen molar-refractivity contribution in [1.82, 2.24) is 15.5 Å². The molecule has 1 aromatic rings. The molecule has 0 aliphatic heterocycles. The Labute approximate surface area is 212 Å². The van der Waals surface area contributed by atoms with Gasteiger partial charge in [-0.15, -0.1) is 0 Å². The van der Waals surface area contributed by atoms with E-state index in [0.29, 0.717) is 24.2 Å². The number of amides is 3. The quantitative estimate of drug-likeness (QED) is 0.416. The monoisotopic (exact) mass is 509 g/mol. The minimum absolute atomic E-state index is 0.273. The first kappa shape index (κ1) is 30.3. The molecule has 0 aliphatic rings. The molecule has 196 valence electrons. The second-order valence-electron chi connectivity index (χ2n) is 9.12. The van der Waals surface area contributed by atoms with E-state index in [1.165, 1.54) is 12.0 Å². The molecule has 35 heavy (non-hydrogen) atoms. The average molecular weight is 510 g/mol. The molecule has 0 saturated heterocycles. The second-order valence-corrected chi connectivity index (χ2v) is 10.1. The summed E-state index contributed by atoms with van der Waals surface area (Å²) in [6.45, 7) is 9.01. The molecule has 0 bridgehead atoms. The van der Waals surface area contributed by atoms with Crippen LogP contribution in [0.4, 0.5) is 4.79 Å². The van der Waals surface area contributed by atoms with Crippen LogP contribution in [0.15, 0.2) is 24.3 Å². The fraction of sp³-hybridized carbons (Fsp3) is 0.600. The summed E-state index contributed by atoms with van der Waals surface area (Å²) in [4.78, 5) is 52.7. The SMILES string of the molecule is CCCN(C(=O)C(CCSC)NC(=O)OC(C)(C)C)C(C(=O)NCC(=O)OC)c1ccc(C)cc1. The lowest BCUT2D eigenvalue weighted by Gasteiger charge is -2.34. The number of methoxy groups -OCH3 is 1. The Balaban J connectivity index is 3.35. The maximum atomic E-state index is 13.8. The third kappa shape index (κ3) is 10.6. The molecule has 1 rings (SSSR count). The van der Waals surface area contributed by atoms with Crippen LogP contribution in [0.25, 0.3) is 0 Å². The van der Waals surface area contributed by atoms with Crippen LogP contribution >= 0.6 is 11.8 Å². The third-order valence-corrected chi connectivity index (χ3v) is 5.58. The average Bonchev–Trinajstić information content (AvgIpc) is 2.79. The molecule has 0 radical (unpaired) electrons. The van der Waals surface area contributed by atoms with Crippen molar-refractivity contribution in [2.45, 2.75) is 65.1 Å². The highest BCUT2D eigenvalue weighted by molar-refractivity contribution is 7.98. The molecule has 3 amide bonds. The molecule has 1 aromatic carbocycles. The Morgan fingerprint density at radius 3 is 2.26 bits per heavy atom. The largest absolute Gasteiger partial charge is 0.468 e. The van der Waals surface area contributed by atoms with Crippen LogP contribution in [0.1, 0.15) is 57.7 Å². The predicted octanol–water partition coefficient (Wildman–Crippen LogP) is 3.21. The van der Waals surface area contributed by atoms with Gasteiger partial charge in [-0.1, -0.05) is 36.8 Å². The number of rotatable bonds is 12. The van der Waals surface area contributed by atoms with E-state index in [9.17, 15) is 19.2 Å². The van der Waals surface area contributed by atoms with Crippen LogP contribution < -0.4 is 10.6 Å². The molecule has 2 atom stereocenters. The Hall–Kier alpha value is -2.75. The number of nitrogens with zero attached hydrogens (tertiary/aromatic N) is 1. The number of hydrogen-bond acceptors (Lipinski definition) is 7. The van der Waals surface area contributed by atoms with Crippen LogP contribution in [0.3, 0.4) is 0 Å². The van der Waals surface area contributed by atoms with Gasteiger partial charge >= 0.3 is 12.1 Å². The number of nitrogens with one attached hydrogen (secondary N) is 2. The van der Waals surface area contributed by atoms with E-state index in [4.69, 9.17) is 4.74 Å². The predicted molar refractivity (Wildman–Crippen MR) is 137 cm³/mol. The van der Waals surface area contributed by atoms with Crippen molar-refractivity contribution in [2.75, 3.05) is 32.2 Å². The fourth-order valence-corrected chi connectivity index (χ4v) is 3.77. The number of thioether (sulfide) groups is 1. The van der Waals surface area contributed by atoms with E-state index < -0.39 is 41.6 Å². The summed E-state index contributed by atoms with van der Waals surface area (Å²) in [7, 11) is 1.23. The number of carbonyl (C=O) groups is 4. The molecule has 9 nitrogen and oxygen atoms in total. The highest BCUT2D eigenvalue weighted by Gasteiger charge is 2.35. The van der Waals surface area contributed by atoms with E-state index in [2.05, 4.69) is 15.4 Å². The molecule has 0 aliphatic carbocycles. The summed E-state index contributed by atoms with van der Waals surface area (Å²) in [6, 6.07) is 5.40. The minimum Gasteiger partial charge on any atom is -0.468 e. The van der Waals surface area contributed by atoms with Gasteiger partial charge in [0, 0.05) is 6.54 Å².